The van der Waals surface area contributed by atoms with E-state index in [1.54, 1.807) is 18.2 Å². The molecule has 0 spiro atoms. The zero-order chi connectivity index (χ0) is 19.4. The van der Waals surface area contributed by atoms with Gasteiger partial charge in [0.25, 0.3) is 5.69 Å². The van der Waals surface area contributed by atoms with Crippen LogP contribution in [-0.4, -0.2) is 19.7 Å². The fraction of sp³-hybridized carbons (Fsp3) is 0.158. The Morgan fingerprint density at radius 3 is 2.70 bits per heavy atom. The minimum absolute atomic E-state index is 0.0317. The average molecular weight is 401 g/mol. The molecule has 6 nitrogen and oxygen atoms in total. The van der Waals surface area contributed by atoms with Gasteiger partial charge in [0.15, 0.2) is 11.0 Å². The van der Waals surface area contributed by atoms with Crippen LogP contribution in [0.5, 0.6) is 0 Å². The molecule has 8 heteroatoms. The van der Waals surface area contributed by atoms with E-state index in [9.17, 15) is 10.1 Å². The Hall–Kier alpha value is -2.64. The quantitative estimate of drug-likeness (QED) is 0.225. The van der Waals surface area contributed by atoms with Crippen molar-refractivity contribution in [2.24, 2.45) is 0 Å². The second-order valence-electron chi connectivity index (χ2n) is 5.82. The molecule has 138 valence electrons. The Morgan fingerprint density at radius 1 is 1.30 bits per heavy atom. The van der Waals surface area contributed by atoms with E-state index in [0.717, 1.165) is 22.1 Å². The van der Waals surface area contributed by atoms with E-state index in [1.165, 1.54) is 17.8 Å². The highest BCUT2D eigenvalue weighted by Gasteiger charge is 2.18. The number of hydrogen-bond acceptors (Lipinski definition) is 5. The minimum Gasteiger partial charge on any atom is -0.298 e. The van der Waals surface area contributed by atoms with Crippen molar-refractivity contribution in [2.75, 3.05) is 0 Å². The molecule has 0 amide bonds. The summed E-state index contributed by atoms with van der Waals surface area (Å²) in [6.07, 6.45) is 1.78. The zero-order valence-electron chi connectivity index (χ0n) is 14.6. The van der Waals surface area contributed by atoms with Gasteiger partial charge in [-0.25, -0.2) is 0 Å². The van der Waals surface area contributed by atoms with Gasteiger partial charge in [-0.3, -0.25) is 14.7 Å². The van der Waals surface area contributed by atoms with Crippen LogP contribution in [0.2, 0.25) is 5.02 Å². The van der Waals surface area contributed by atoms with Crippen LogP contribution in [0.1, 0.15) is 17.7 Å². The third-order valence-corrected chi connectivity index (χ3v) is 5.35. The summed E-state index contributed by atoms with van der Waals surface area (Å²) in [5, 5.41) is 21.0. The predicted octanol–water partition coefficient (Wildman–Crippen LogP) is 5.55. The van der Waals surface area contributed by atoms with Gasteiger partial charge in [-0.15, -0.1) is 16.8 Å². The summed E-state index contributed by atoms with van der Waals surface area (Å²) < 4.78 is 1.97. The number of nitro groups is 1. The van der Waals surface area contributed by atoms with E-state index < -0.39 is 0 Å². The van der Waals surface area contributed by atoms with Gasteiger partial charge in [0.05, 0.1) is 4.92 Å². The maximum absolute atomic E-state index is 11.0. The Morgan fingerprint density at radius 2 is 2.04 bits per heavy atom. The Kier molecular flexibility index (Phi) is 5.93. The van der Waals surface area contributed by atoms with Crippen molar-refractivity contribution in [3.8, 4) is 11.4 Å². The molecule has 27 heavy (non-hydrogen) atoms. The SMILES string of the molecule is C=CCn1c(SC(C)c2cccc([N+](=O)[O-])c2)nnc1-c1ccc(Cl)cc1. The molecule has 3 rings (SSSR count). The molecule has 1 atom stereocenters. The van der Waals surface area contributed by atoms with E-state index in [-0.39, 0.29) is 15.9 Å². The van der Waals surface area contributed by atoms with Crippen molar-refractivity contribution in [3.05, 3.63) is 81.9 Å². The third kappa shape index (κ3) is 4.37. The summed E-state index contributed by atoms with van der Waals surface area (Å²) in [5.41, 5.74) is 1.84. The largest absolute Gasteiger partial charge is 0.298 e. The number of allylic oxidation sites excluding steroid dienone is 1. The number of nitrogens with zero attached hydrogens (tertiary/aromatic N) is 4. The lowest BCUT2D eigenvalue weighted by molar-refractivity contribution is -0.384. The molecule has 0 aliphatic rings. The van der Waals surface area contributed by atoms with E-state index in [2.05, 4.69) is 16.8 Å². The molecule has 0 fully saturated rings. The molecule has 1 heterocycles. The maximum Gasteiger partial charge on any atom is 0.269 e. The number of halogens is 1. The van der Waals surface area contributed by atoms with Crippen LogP contribution in [0.3, 0.4) is 0 Å². The second-order valence-corrected chi connectivity index (χ2v) is 7.57. The maximum atomic E-state index is 11.0. The monoisotopic (exact) mass is 400 g/mol. The third-order valence-electron chi connectivity index (χ3n) is 3.96. The molecule has 0 aliphatic carbocycles. The number of non-ortho nitro benzene ring substituents is 1. The molecule has 0 radical (unpaired) electrons. The van der Waals surface area contributed by atoms with Gasteiger partial charge in [-0.05, 0) is 36.8 Å². The number of hydrogen-bond donors (Lipinski definition) is 0. The number of thioether (sulfide) groups is 1. The molecule has 3 aromatic rings. The van der Waals surface area contributed by atoms with Crippen LogP contribution in [0.4, 0.5) is 5.69 Å². The topological polar surface area (TPSA) is 73.8 Å². The molecule has 2 aromatic carbocycles. The van der Waals surface area contributed by atoms with E-state index in [1.807, 2.05) is 41.8 Å². The summed E-state index contributed by atoms with van der Waals surface area (Å²) in [7, 11) is 0. The van der Waals surface area contributed by atoms with Crippen LogP contribution in [0.25, 0.3) is 11.4 Å². The molecule has 1 unspecified atom stereocenters. The van der Waals surface area contributed by atoms with Crippen LogP contribution >= 0.6 is 23.4 Å². The van der Waals surface area contributed by atoms with Crippen LogP contribution < -0.4 is 0 Å². The van der Waals surface area contributed by atoms with Crippen LogP contribution in [0, 0.1) is 10.1 Å². The number of rotatable bonds is 7. The van der Waals surface area contributed by atoms with Gasteiger partial charge in [-0.1, -0.05) is 41.6 Å². The Labute approximate surface area is 166 Å². The highest BCUT2D eigenvalue weighted by Crippen LogP contribution is 2.36. The Bertz CT molecular complexity index is 972. The van der Waals surface area contributed by atoms with Gasteiger partial charge in [0, 0.05) is 34.5 Å². The summed E-state index contributed by atoms with van der Waals surface area (Å²) >= 11 is 7.46. The fourth-order valence-corrected chi connectivity index (χ4v) is 3.70. The van der Waals surface area contributed by atoms with Gasteiger partial charge in [0.2, 0.25) is 0 Å². The average Bonchev–Trinajstić information content (AvgIpc) is 3.05. The van der Waals surface area contributed by atoms with Crippen molar-refractivity contribution in [3.63, 3.8) is 0 Å². The molecule has 0 saturated heterocycles. The first-order valence-electron chi connectivity index (χ1n) is 8.20. The van der Waals surface area contributed by atoms with Gasteiger partial charge in [-0.2, -0.15) is 0 Å². The summed E-state index contributed by atoms with van der Waals surface area (Å²) in [6.45, 7) is 6.35. The first-order chi connectivity index (χ1) is 13.0. The highest BCUT2D eigenvalue weighted by atomic mass is 35.5. The van der Waals surface area contributed by atoms with Crippen LogP contribution in [0.15, 0.2) is 66.3 Å². The summed E-state index contributed by atoms with van der Waals surface area (Å²) in [6, 6.07) is 14.0. The first-order valence-corrected chi connectivity index (χ1v) is 9.46. The fourth-order valence-electron chi connectivity index (χ4n) is 2.60. The van der Waals surface area contributed by atoms with Gasteiger partial charge >= 0.3 is 0 Å². The van der Waals surface area contributed by atoms with E-state index >= 15 is 0 Å². The number of nitro benzene ring substituents is 1. The van der Waals surface area contributed by atoms with E-state index in [0.29, 0.717) is 11.6 Å². The molecule has 0 bridgehead atoms. The number of benzene rings is 2. The lowest BCUT2D eigenvalue weighted by atomic mass is 10.1. The highest BCUT2D eigenvalue weighted by molar-refractivity contribution is 7.99. The zero-order valence-corrected chi connectivity index (χ0v) is 16.2. The predicted molar refractivity (Wildman–Crippen MR) is 108 cm³/mol. The molecule has 0 saturated carbocycles. The smallest absolute Gasteiger partial charge is 0.269 e. The van der Waals surface area contributed by atoms with Crippen molar-refractivity contribution >= 4 is 29.1 Å². The van der Waals surface area contributed by atoms with Crippen molar-refractivity contribution in [2.45, 2.75) is 23.9 Å². The summed E-state index contributed by atoms with van der Waals surface area (Å²) in [4.78, 5) is 10.6. The molecular weight excluding hydrogens is 384 g/mol. The van der Waals surface area contributed by atoms with Crippen molar-refractivity contribution < 1.29 is 4.92 Å². The minimum atomic E-state index is -0.389. The molecule has 1 aromatic heterocycles. The first kappa shape index (κ1) is 19.1. The van der Waals surface area contributed by atoms with Crippen LogP contribution in [-0.2, 0) is 6.54 Å². The second kappa shape index (κ2) is 8.37. The Balaban J connectivity index is 1.90. The number of aromatic nitrogens is 3. The van der Waals surface area contributed by atoms with Crippen molar-refractivity contribution in [1.29, 1.82) is 0 Å². The van der Waals surface area contributed by atoms with E-state index in [4.69, 9.17) is 11.6 Å². The van der Waals surface area contributed by atoms with Gasteiger partial charge in [0.1, 0.15) is 0 Å². The van der Waals surface area contributed by atoms with Crippen molar-refractivity contribution in [1.82, 2.24) is 14.8 Å². The standard InChI is InChI=1S/C19H17ClN4O2S/c1-3-11-23-18(14-7-9-16(20)10-8-14)21-22-19(23)27-13(2)15-5-4-6-17(12-15)24(25)26/h3-10,12-13H,1,11H2,2H3. The molecule has 0 N–H and O–H groups in total. The molecular formula is C19H17ClN4O2S. The molecule has 0 aliphatic heterocycles. The lowest BCUT2D eigenvalue weighted by Crippen LogP contribution is -2.02. The lowest BCUT2D eigenvalue weighted by Gasteiger charge is -2.12. The van der Waals surface area contributed by atoms with Gasteiger partial charge < -0.3 is 0 Å². The normalized spacial score (nSPS) is 11.9. The summed E-state index contributed by atoms with van der Waals surface area (Å²) in [5.74, 6) is 0.723.